The number of hydrogen-bond acceptors (Lipinski definition) is 2. The first-order valence-corrected chi connectivity index (χ1v) is 9.00. The summed E-state index contributed by atoms with van der Waals surface area (Å²) in [7, 11) is 0. The van der Waals surface area contributed by atoms with Crippen LogP contribution in [0.5, 0.6) is 0 Å². The topological polar surface area (TPSA) is 32.3 Å². The number of carbonyl (C=O) groups excluding carboxylic acids is 1. The zero-order chi connectivity index (χ0) is 16.9. The molecule has 0 bridgehead atoms. The minimum absolute atomic E-state index is 0.155. The van der Waals surface area contributed by atoms with Gasteiger partial charge in [0.1, 0.15) is 0 Å². The van der Waals surface area contributed by atoms with Crippen LogP contribution in [0.4, 0.5) is 5.69 Å². The number of benzene rings is 1. The monoisotopic (exact) mass is 316 g/mol. The molecule has 0 heterocycles. The first-order valence-electron chi connectivity index (χ1n) is 9.00. The highest BCUT2D eigenvalue weighted by molar-refractivity contribution is 5.95. The fourth-order valence-electron chi connectivity index (χ4n) is 3.12. The van der Waals surface area contributed by atoms with Crippen molar-refractivity contribution in [1.82, 2.24) is 5.32 Å². The van der Waals surface area contributed by atoms with Crippen LogP contribution in [0.2, 0.25) is 0 Å². The van der Waals surface area contributed by atoms with Crippen LogP contribution in [-0.2, 0) is 4.79 Å². The molecule has 1 aromatic rings. The van der Waals surface area contributed by atoms with Crippen molar-refractivity contribution in [3.05, 3.63) is 30.3 Å². The van der Waals surface area contributed by atoms with E-state index in [0.29, 0.717) is 18.6 Å². The Bertz CT molecular complexity index is 486. The van der Waals surface area contributed by atoms with Crippen molar-refractivity contribution in [2.24, 2.45) is 5.41 Å². The van der Waals surface area contributed by atoms with Crippen molar-refractivity contribution in [2.45, 2.75) is 71.9 Å². The number of hydrogen-bond donors (Lipinski definition) is 1. The van der Waals surface area contributed by atoms with Gasteiger partial charge in [0.2, 0.25) is 5.91 Å². The summed E-state index contributed by atoms with van der Waals surface area (Å²) in [6.45, 7) is 9.16. The molecule has 1 saturated carbocycles. The van der Waals surface area contributed by atoms with Crippen LogP contribution in [0.25, 0.3) is 0 Å². The Labute approximate surface area is 141 Å². The second-order valence-corrected chi connectivity index (χ2v) is 7.86. The van der Waals surface area contributed by atoms with Crippen molar-refractivity contribution in [1.29, 1.82) is 0 Å². The maximum atomic E-state index is 12.9. The van der Waals surface area contributed by atoms with Gasteiger partial charge in [-0.25, -0.2) is 0 Å². The van der Waals surface area contributed by atoms with E-state index in [0.717, 1.165) is 18.5 Å². The number of anilines is 1. The van der Waals surface area contributed by atoms with E-state index < -0.39 is 0 Å². The lowest BCUT2D eigenvalue weighted by molar-refractivity contribution is -0.118. The molecule has 128 valence electrons. The molecule has 1 aromatic carbocycles. The summed E-state index contributed by atoms with van der Waals surface area (Å²) in [5.41, 5.74) is 1.19. The molecule has 2 rings (SSSR count). The molecule has 0 aliphatic heterocycles. The van der Waals surface area contributed by atoms with Gasteiger partial charge < -0.3 is 10.2 Å². The zero-order valence-corrected chi connectivity index (χ0v) is 15.1. The zero-order valence-electron chi connectivity index (χ0n) is 15.1. The average molecular weight is 316 g/mol. The lowest BCUT2D eigenvalue weighted by Crippen LogP contribution is -2.49. The van der Waals surface area contributed by atoms with E-state index in [9.17, 15) is 4.79 Å². The summed E-state index contributed by atoms with van der Waals surface area (Å²) in [5, 5.41) is 3.42. The molecule has 1 fully saturated rings. The Balaban J connectivity index is 2.08. The van der Waals surface area contributed by atoms with Gasteiger partial charge in [0, 0.05) is 17.8 Å². The highest BCUT2D eigenvalue weighted by Gasteiger charge is 2.28. The minimum Gasteiger partial charge on any atom is -0.308 e. The van der Waals surface area contributed by atoms with Crippen molar-refractivity contribution in [2.75, 3.05) is 11.4 Å². The van der Waals surface area contributed by atoms with E-state index in [1.807, 2.05) is 23.1 Å². The Morgan fingerprint density at radius 3 is 2.35 bits per heavy atom. The Hall–Kier alpha value is -1.35. The summed E-state index contributed by atoms with van der Waals surface area (Å²) in [6.07, 6.45) is 6.00. The molecule has 1 atom stereocenters. The third-order valence-corrected chi connectivity index (χ3v) is 5.10. The number of para-hydroxylation sites is 1. The van der Waals surface area contributed by atoms with Gasteiger partial charge in [-0.05, 0) is 37.3 Å². The quantitative estimate of drug-likeness (QED) is 0.874. The number of nitrogens with one attached hydrogen (secondary N) is 1. The Morgan fingerprint density at radius 2 is 1.78 bits per heavy atom. The van der Waals surface area contributed by atoms with Crippen LogP contribution in [0.1, 0.15) is 59.8 Å². The summed E-state index contributed by atoms with van der Waals surface area (Å²) < 4.78 is 0. The average Bonchev–Trinajstić information content (AvgIpc) is 2.54. The van der Waals surface area contributed by atoms with Crippen LogP contribution < -0.4 is 10.2 Å². The molecule has 0 radical (unpaired) electrons. The Kier molecular flexibility index (Phi) is 6.23. The van der Waals surface area contributed by atoms with Crippen molar-refractivity contribution < 1.29 is 4.79 Å². The van der Waals surface area contributed by atoms with Crippen LogP contribution in [0.3, 0.4) is 0 Å². The van der Waals surface area contributed by atoms with E-state index in [4.69, 9.17) is 0 Å². The van der Waals surface area contributed by atoms with Crippen molar-refractivity contribution in [3.8, 4) is 0 Å². The predicted octanol–water partition coefficient (Wildman–Crippen LogP) is 4.38. The fourth-order valence-corrected chi connectivity index (χ4v) is 3.12. The lowest BCUT2D eigenvalue weighted by atomic mass is 9.88. The molecule has 23 heavy (non-hydrogen) atoms. The normalized spacial score (nSPS) is 17.7. The standard InChI is InChI=1S/C20H32N2O/c1-16(20(2,3)4)21-15-19(23)22(17-11-7-5-8-12-17)18-13-9-6-10-14-18/h5,7-8,11-12,16,18,21H,6,9-10,13-15H2,1-4H3. The van der Waals surface area contributed by atoms with E-state index >= 15 is 0 Å². The number of nitrogens with zero attached hydrogens (tertiary/aromatic N) is 1. The van der Waals surface area contributed by atoms with Gasteiger partial charge in [0.05, 0.1) is 6.54 Å². The smallest absolute Gasteiger partial charge is 0.241 e. The van der Waals surface area contributed by atoms with E-state index in [1.54, 1.807) is 0 Å². The van der Waals surface area contributed by atoms with Crippen LogP contribution in [0.15, 0.2) is 30.3 Å². The van der Waals surface area contributed by atoms with Gasteiger partial charge in [-0.2, -0.15) is 0 Å². The second kappa shape index (κ2) is 7.96. The fraction of sp³-hybridized carbons (Fsp3) is 0.650. The highest BCUT2D eigenvalue weighted by Crippen LogP contribution is 2.27. The second-order valence-electron chi connectivity index (χ2n) is 7.86. The van der Waals surface area contributed by atoms with E-state index in [1.165, 1.54) is 19.3 Å². The predicted molar refractivity (Wildman–Crippen MR) is 97.7 cm³/mol. The summed E-state index contributed by atoms with van der Waals surface area (Å²) in [5.74, 6) is 0.194. The summed E-state index contributed by atoms with van der Waals surface area (Å²) in [4.78, 5) is 15.0. The Morgan fingerprint density at radius 1 is 1.17 bits per heavy atom. The summed E-state index contributed by atoms with van der Waals surface area (Å²) in [6, 6.07) is 10.8. The molecular formula is C20H32N2O. The number of rotatable bonds is 5. The van der Waals surface area contributed by atoms with Crippen LogP contribution in [0, 0.1) is 5.41 Å². The molecule has 1 aliphatic carbocycles. The first-order chi connectivity index (χ1) is 10.9. The number of amides is 1. The first kappa shape index (κ1) is 18.0. The van der Waals surface area contributed by atoms with Gasteiger partial charge in [0.15, 0.2) is 0 Å². The molecule has 1 aliphatic rings. The molecule has 3 nitrogen and oxygen atoms in total. The summed E-state index contributed by atoms with van der Waals surface area (Å²) >= 11 is 0. The lowest BCUT2D eigenvalue weighted by Gasteiger charge is -2.35. The number of carbonyl (C=O) groups is 1. The third-order valence-electron chi connectivity index (χ3n) is 5.10. The molecule has 0 saturated heterocycles. The van der Waals surface area contributed by atoms with Gasteiger partial charge in [-0.15, -0.1) is 0 Å². The maximum Gasteiger partial charge on any atom is 0.241 e. The molecular weight excluding hydrogens is 284 g/mol. The van der Waals surface area contributed by atoms with Crippen molar-refractivity contribution in [3.63, 3.8) is 0 Å². The highest BCUT2D eigenvalue weighted by atomic mass is 16.2. The minimum atomic E-state index is 0.155. The van der Waals surface area contributed by atoms with E-state index in [-0.39, 0.29) is 11.3 Å². The molecule has 0 aromatic heterocycles. The van der Waals surface area contributed by atoms with Gasteiger partial charge in [-0.3, -0.25) is 4.79 Å². The van der Waals surface area contributed by atoms with Crippen LogP contribution in [-0.4, -0.2) is 24.5 Å². The van der Waals surface area contributed by atoms with Gasteiger partial charge in [0.25, 0.3) is 0 Å². The third kappa shape index (κ3) is 5.07. The maximum absolute atomic E-state index is 12.9. The van der Waals surface area contributed by atoms with Gasteiger partial charge >= 0.3 is 0 Å². The SMILES string of the molecule is CC(NCC(=O)N(c1ccccc1)C1CCCCC1)C(C)(C)C. The largest absolute Gasteiger partial charge is 0.308 e. The van der Waals surface area contributed by atoms with Crippen LogP contribution >= 0.6 is 0 Å². The van der Waals surface area contributed by atoms with Gasteiger partial charge in [-0.1, -0.05) is 58.2 Å². The van der Waals surface area contributed by atoms with Crippen molar-refractivity contribution >= 4 is 11.6 Å². The van der Waals surface area contributed by atoms with E-state index in [2.05, 4.69) is 45.1 Å². The molecule has 3 heteroatoms. The molecule has 1 unspecified atom stereocenters. The molecule has 1 amide bonds. The molecule has 1 N–H and O–H groups in total. The molecule has 0 spiro atoms.